The molecule has 0 aromatic heterocycles. The average molecular weight is 170 g/mol. The fourth-order valence-corrected chi connectivity index (χ4v) is 2.57. The van der Waals surface area contributed by atoms with E-state index in [9.17, 15) is 0 Å². The molecule has 1 heteroatoms. The standard InChI is InChI=1S/C11H22O/c1-8(2)11-6-5-10(12-4)7-9(11)3/h8-11H,5-7H2,1-4H3/t9-,10+,11+/m0/s1. The Morgan fingerprint density at radius 1 is 1.25 bits per heavy atom. The summed E-state index contributed by atoms with van der Waals surface area (Å²) in [5.41, 5.74) is 0. The first kappa shape index (κ1) is 10.0. The average Bonchev–Trinajstić information content (AvgIpc) is 2.03. The summed E-state index contributed by atoms with van der Waals surface area (Å²) in [5.74, 6) is 2.62. The van der Waals surface area contributed by atoms with Gasteiger partial charge in [-0.1, -0.05) is 20.8 Å². The van der Waals surface area contributed by atoms with Gasteiger partial charge in [-0.15, -0.1) is 0 Å². The normalized spacial score (nSPS) is 37.2. The number of ether oxygens (including phenoxy) is 1. The first-order valence-corrected chi connectivity index (χ1v) is 5.18. The molecule has 0 heterocycles. The summed E-state index contributed by atoms with van der Waals surface area (Å²) < 4.78 is 5.39. The van der Waals surface area contributed by atoms with Gasteiger partial charge in [0.15, 0.2) is 0 Å². The van der Waals surface area contributed by atoms with Crippen molar-refractivity contribution in [3.05, 3.63) is 0 Å². The molecule has 0 aliphatic heterocycles. The minimum atomic E-state index is 0.537. The van der Waals surface area contributed by atoms with E-state index in [1.165, 1.54) is 19.3 Å². The maximum atomic E-state index is 5.39. The van der Waals surface area contributed by atoms with E-state index in [1.807, 2.05) is 7.11 Å². The van der Waals surface area contributed by atoms with Crippen LogP contribution in [0.4, 0.5) is 0 Å². The van der Waals surface area contributed by atoms with Crippen LogP contribution >= 0.6 is 0 Å². The zero-order chi connectivity index (χ0) is 9.14. The van der Waals surface area contributed by atoms with Gasteiger partial charge in [-0.25, -0.2) is 0 Å². The number of methoxy groups -OCH3 is 1. The van der Waals surface area contributed by atoms with E-state index in [-0.39, 0.29) is 0 Å². The molecule has 1 aliphatic rings. The third-order valence-electron chi connectivity index (χ3n) is 3.38. The summed E-state index contributed by atoms with van der Waals surface area (Å²) in [6, 6.07) is 0. The molecular formula is C11H22O. The zero-order valence-electron chi connectivity index (χ0n) is 8.84. The molecule has 0 aromatic rings. The van der Waals surface area contributed by atoms with Crippen molar-refractivity contribution in [3.63, 3.8) is 0 Å². The highest BCUT2D eigenvalue weighted by Gasteiger charge is 2.28. The Labute approximate surface area is 76.5 Å². The van der Waals surface area contributed by atoms with Gasteiger partial charge in [0, 0.05) is 7.11 Å². The first-order chi connectivity index (χ1) is 5.65. The van der Waals surface area contributed by atoms with Crippen molar-refractivity contribution in [2.24, 2.45) is 17.8 Å². The Kier molecular flexibility index (Phi) is 3.57. The minimum Gasteiger partial charge on any atom is -0.381 e. The SMILES string of the molecule is CO[C@@H]1CC[C@H](C(C)C)[C@@H](C)C1. The Balaban J connectivity index is 2.42. The van der Waals surface area contributed by atoms with Gasteiger partial charge < -0.3 is 4.74 Å². The van der Waals surface area contributed by atoms with Crippen LogP contribution in [0.2, 0.25) is 0 Å². The maximum Gasteiger partial charge on any atom is 0.0574 e. The van der Waals surface area contributed by atoms with Crippen molar-refractivity contribution in [1.29, 1.82) is 0 Å². The number of hydrogen-bond acceptors (Lipinski definition) is 1. The molecule has 1 nitrogen and oxygen atoms in total. The second kappa shape index (κ2) is 4.27. The van der Waals surface area contributed by atoms with E-state index in [2.05, 4.69) is 20.8 Å². The van der Waals surface area contributed by atoms with E-state index in [1.54, 1.807) is 0 Å². The largest absolute Gasteiger partial charge is 0.381 e. The van der Waals surface area contributed by atoms with Crippen molar-refractivity contribution in [1.82, 2.24) is 0 Å². The van der Waals surface area contributed by atoms with Crippen LogP contribution in [-0.4, -0.2) is 13.2 Å². The summed E-state index contributed by atoms with van der Waals surface area (Å²) >= 11 is 0. The minimum absolute atomic E-state index is 0.537. The molecule has 0 N–H and O–H groups in total. The Hall–Kier alpha value is -0.0400. The number of rotatable bonds is 2. The van der Waals surface area contributed by atoms with Crippen LogP contribution in [0.25, 0.3) is 0 Å². The van der Waals surface area contributed by atoms with E-state index in [0.717, 1.165) is 17.8 Å². The molecule has 12 heavy (non-hydrogen) atoms. The van der Waals surface area contributed by atoms with Crippen LogP contribution in [0.3, 0.4) is 0 Å². The van der Waals surface area contributed by atoms with Crippen LogP contribution in [-0.2, 0) is 4.74 Å². The summed E-state index contributed by atoms with van der Waals surface area (Å²) in [6.07, 6.45) is 4.43. The smallest absolute Gasteiger partial charge is 0.0574 e. The van der Waals surface area contributed by atoms with Gasteiger partial charge in [-0.2, -0.15) is 0 Å². The Bertz CT molecular complexity index is 131. The van der Waals surface area contributed by atoms with Gasteiger partial charge in [0.05, 0.1) is 6.10 Å². The molecular weight excluding hydrogens is 148 g/mol. The van der Waals surface area contributed by atoms with Gasteiger partial charge in [0.25, 0.3) is 0 Å². The zero-order valence-corrected chi connectivity index (χ0v) is 8.84. The van der Waals surface area contributed by atoms with E-state index in [0.29, 0.717) is 6.10 Å². The first-order valence-electron chi connectivity index (χ1n) is 5.18. The van der Waals surface area contributed by atoms with Crippen molar-refractivity contribution in [3.8, 4) is 0 Å². The lowest BCUT2D eigenvalue weighted by atomic mass is 9.73. The highest BCUT2D eigenvalue weighted by Crippen LogP contribution is 2.35. The van der Waals surface area contributed by atoms with Crippen LogP contribution < -0.4 is 0 Å². The summed E-state index contributed by atoms with van der Waals surface area (Å²) in [5, 5.41) is 0. The van der Waals surface area contributed by atoms with Crippen LogP contribution in [0.15, 0.2) is 0 Å². The van der Waals surface area contributed by atoms with Crippen molar-refractivity contribution in [2.75, 3.05) is 7.11 Å². The lowest BCUT2D eigenvalue weighted by Gasteiger charge is -2.35. The van der Waals surface area contributed by atoms with Gasteiger partial charge in [0.2, 0.25) is 0 Å². The quantitative estimate of drug-likeness (QED) is 0.619. The van der Waals surface area contributed by atoms with Crippen LogP contribution in [0.5, 0.6) is 0 Å². The maximum absolute atomic E-state index is 5.39. The van der Waals surface area contributed by atoms with Crippen LogP contribution in [0, 0.1) is 17.8 Å². The predicted molar refractivity (Wildman–Crippen MR) is 52.1 cm³/mol. The molecule has 0 unspecified atom stereocenters. The third kappa shape index (κ3) is 2.22. The fraction of sp³-hybridized carbons (Fsp3) is 1.00. The van der Waals surface area contributed by atoms with Crippen LogP contribution in [0.1, 0.15) is 40.0 Å². The molecule has 3 atom stereocenters. The molecule has 1 aliphatic carbocycles. The molecule has 0 saturated heterocycles. The molecule has 72 valence electrons. The highest BCUT2D eigenvalue weighted by atomic mass is 16.5. The van der Waals surface area contributed by atoms with Gasteiger partial charge in [0.1, 0.15) is 0 Å². The topological polar surface area (TPSA) is 9.23 Å². The lowest BCUT2D eigenvalue weighted by molar-refractivity contribution is 0.0229. The number of hydrogen-bond donors (Lipinski definition) is 0. The van der Waals surface area contributed by atoms with Crippen molar-refractivity contribution in [2.45, 2.75) is 46.1 Å². The molecule has 0 aromatic carbocycles. The molecule has 1 saturated carbocycles. The monoisotopic (exact) mass is 170 g/mol. The van der Waals surface area contributed by atoms with Crippen molar-refractivity contribution < 1.29 is 4.74 Å². The van der Waals surface area contributed by atoms with E-state index in [4.69, 9.17) is 4.74 Å². The summed E-state index contributed by atoms with van der Waals surface area (Å²) in [4.78, 5) is 0. The molecule has 1 fully saturated rings. The fourth-order valence-electron chi connectivity index (χ4n) is 2.57. The second-order valence-electron chi connectivity index (χ2n) is 4.56. The molecule has 0 radical (unpaired) electrons. The van der Waals surface area contributed by atoms with Gasteiger partial charge >= 0.3 is 0 Å². The summed E-state index contributed by atoms with van der Waals surface area (Å²) in [6.45, 7) is 7.05. The Morgan fingerprint density at radius 3 is 2.33 bits per heavy atom. The van der Waals surface area contributed by atoms with Gasteiger partial charge in [-0.3, -0.25) is 0 Å². The van der Waals surface area contributed by atoms with Crippen molar-refractivity contribution >= 4 is 0 Å². The predicted octanol–water partition coefficient (Wildman–Crippen LogP) is 3.09. The molecule has 0 amide bonds. The molecule has 0 bridgehead atoms. The summed E-state index contributed by atoms with van der Waals surface area (Å²) in [7, 11) is 1.84. The molecule has 0 spiro atoms. The third-order valence-corrected chi connectivity index (χ3v) is 3.38. The second-order valence-corrected chi connectivity index (χ2v) is 4.56. The Morgan fingerprint density at radius 2 is 1.92 bits per heavy atom. The molecule has 1 rings (SSSR count). The van der Waals surface area contributed by atoms with Gasteiger partial charge in [-0.05, 0) is 37.0 Å². The lowest BCUT2D eigenvalue weighted by Crippen LogP contribution is -2.30. The van der Waals surface area contributed by atoms with E-state index >= 15 is 0 Å². The van der Waals surface area contributed by atoms with E-state index < -0.39 is 0 Å². The highest BCUT2D eigenvalue weighted by molar-refractivity contribution is 4.79.